The molecule has 0 aliphatic carbocycles. The van der Waals surface area contributed by atoms with E-state index in [0.717, 1.165) is 12.1 Å². The third-order valence-electron chi connectivity index (χ3n) is 2.30. The van der Waals surface area contributed by atoms with Crippen LogP contribution in [0.2, 0.25) is 0 Å². The quantitative estimate of drug-likeness (QED) is 0.893. The minimum absolute atomic E-state index is 0. The molecule has 18 heavy (non-hydrogen) atoms. The number of carbonyl (C=O) groups is 1. The molecule has 0 heterocycles. The lowest BCUT2D eigenvalue weighted by Crippen LogP contribution is -2.32. The van der Waals surface area contributed by atoms with Crippen LogP contribution in [0.25, 0.3) is 0 Å². The Bertz CT molecular complexity index is 392. The fourth-order valence-electron chi connectivity index (χ4n) is 1.34. The van der Waals surface area contributed by atoms with Gasteiger partial charge in [-0.05, 0) is 24.6 Å². The summed E-state index contributed by atoms with van der Waals surface area (Å²) < 4.78 is 36.9. The van der Waals surface area contributed by atoms with E-state index in [4.69, 9.17) is 5.73 Å². The lowest BCUT2D eigenvalue weighted by atomic mass is 10.1. The van der Waals surface area contributed by atoms with Crippen LogP contribution in [0.1, 0.15) is 24.1 Å². The summed E-state index contributed by atoms with van der Waals surface area (Å²) >= 11 is 0. The van der Waals surface area contributed by atoms with Gasteiger partial charge in [0.2, 0.25) is 5.91 Å². The number of hydrogen-bond acceptors (Lipinski definition) is 2. The zero-order valence-corrected chi connectivity index (χ0v) is 10.4. The fourth-order valence-corrected chi connectivity index (χ4v) is 1.34. The molecule has 0 aliphatic rings. The molecule has 0 aromatic heterocycles. The van der Waals surface area contributed by atoms with E-state index >= 15 is 0 Å². The van der Waals surface area contributed by atoms with Gasteiger partial charge in [-0.3, -0.25) is 4.79 Å². The fraction of sp³-hybridized carbons (Fsp3) is 0.364. The predicted octanol–water partition coefficient (Wildman–Crippen LogP) is 2.26. The van der Waals surface area contributed by atoms with Crippen LogP contribution in [-0.4, -0.2) is 12.5 Å². The van der Waals surface area contributed by atoms with Crippen LogP contribution in [0.3, 0.4) is 0 Å². The molecule has 1 amide bonds. The van der Waals surface area contributed by atoms with Crippen molar-refractivity contribution in [1.29, 1.82) is 0 Å². The van der Waals surface area contributed by atoms with E-state index in [2.05, 4.69) is 5.32 Å². The number of benzene rings is 1. The molecule has 1 atom stereocenters. The summed E-state index contributed by atoms with van der Waals surface area (Å²) in [6.45, 7) is 1.53. The Morgan fingerprint density at radius 3 is 2.22 bits per heavy atom. The molecule has 102 valence electrons. The van der Waals surface area contributed by atoms with Gasteiger partial charge >= 0.3 is 6.18 Å². The Morgan fingerprint density at radius 1 is 1.33 bits per heavy atom. The number of rotatable bonds is 3. The van der Waals surface area contributed by atoms with E-state index < -0.39 is 11.7 Å². The Hall–Kier alpha value is -1.27. The summed E-state index contributed by atoms with van der Waals surface area (Å²) in [4.78, 5) is 11.0. The standard InChI is InChI=1S/C11H13F3N2O.ClH/c1-7(16-10(17)6-15)8-2-4-9(5-3-8)11(12,13)14;/h2-5,7H,6,15H2,1H3,(H,16,17);1H. The lowest BCUT2D eigenvalue weighted by molar-refractivity contribution is -0.137. The van der Waals surface area contributed by atoms with Gasteiger partial charge in [0.05, 0.1) is 18.2 Å². The zero-order chi connectivity index (χ0) is 13.1. The molecule has 3 nitrogen and oxygen atoms in total. The molecule has 7 heteroatoms. The van der Waals surface area contributed by atoms with Crippen LogP contribution in [0.4, 0.5) is 13.2 Å². The first kappa shape index (κ1) is 16.7. The first-order valence-electron chi connectivity index (χ1n) is 5.01. The van der Waals surface area contributed by atoms with Gasteiger partial charge in [0, 0.05) is 0 Å². The van der Waals surface area contributed by atoms with Crippen molar-refractivity contribution in [3.05, 3.63) is 35.4 Å². The maximum Gasteiger partial charge on any atom is 0.416 e. The average Bonchev–Trinajstić information content (AvgIpc) is 2.27. The van der Waals surface area contributed by atoms with Crippen LogP contribution in [0.5, 0.6) is 0 Å². The monoisotopic (exact) mass is 282 g/mol. The molecular weight excluding hydrogens is 269 g/mol. The number of hydrogen-bond donors (Lipinski definition) is 2. The molecule has 0 bridgehead atoms. The molecule has 0 fully saturated rings. The maximum atomic E-state index is 12.3. The molecule has 1 rings (SSSR count). The second-order valence-electron chi connectivity index (χ2n) is 3.61. The maximum absolute atomic E-state index is 12.3. The van der Waals surface area contributed by atoms with Gasteiger partial charge < -0.3 is 11.1 Å². The highest BCUT2D eigenvalue weighted by molar-refractivity contribution is 5.85. The van der Waals surface area contributed by atoms with Gasteiger partial charge in [0.25, 0.3) is 0 Å². The summed E-state index contributed by atoms with van der Waals surface area (Å²) in [7, 11) is 0. The number of nitrogens with one attached hydrogen (secondary N) is 1. The number of nitrogens with two attached hydrogens (primary N) is 1. The topological polar surface area (TPSA) is 55.1 Å². The number of carbonyl (C=O) groups excluding carboxylic acids is 1. The Morgan fingerprint density at radius 2 is 1.83 bits per heavy atom. The first-order valence-corrected chi connectivity index (χ1v) is 5.01. The van der Waals surface area contributed by atoms with Gasteiger partial charge in [-0.2, -0.15) is 13.2 Å². The largest absolute Gasteiger partial charge is 0.416 e. The van der Waals surface area contributed by atoms with Gasteiger partial charge in [-0.15, -0.1) is 12.4 Å². The van der Waals surface area contributed by atoms with Crippen LogP contribution in [0, 0.1) is 0 Å². The van der Waals surface area contributed by atoms with Crippen LogP contribution >= 0.6 is 12.4 Å². The van der Waals surface area contributed by atoms with E-state index in [9.17, 15) is 18.0 Å². The Balaban J connectivity index is 0.00000289. The Kier molecular flexibility index (Phi) is 6.14. The van der Waals surface area contributed by atoms with Crippen molar-refractivity contribution in [2.75, 3.05) is 6.54 Å². The summed E-state index contributed by atoms with van der Waals surface area (Å²) in [6.07, 6.45) is -4.34. The smallest absolute Gasteiger partial charge is 0.348 e. The molecule has 0 aliphatic heterocycles. The molecule has 1 aromatic carbocycles. The summed E-state index contributed by atoms with van der Waals surface area (Å²) in [5.74, 6) is -0.350. The molecule has 3 N–H and O–H groups in total. The van der Waals surface area contributed by atoms with Crippen molar-refractivity contribution >= 4 is 18.3 Å². The van der Waals surface area contributed by atoms with Crippen molar-refractivity contribution in [1.82, 2.24) is 5.32 Å². The van der Waals surface area contributed by atoms with E-state index in [0.29, 0.717) is 5.56 Å². The summed E-state index contributed by atoms with van der Waals surface area (Å²) in [5, 5.41) is 2.56. The van der Waals surface area contributed by atoms with Gasteiger partial charge in [-0.25, -0.2) is 0 Å². The van der Waals surface area contributed by atoms with E-state index in [-0.39, 0.29) is 30.9 Å². The highest BCUT2D eigenvalue weighted by Gasteiger charge is 2.30. The molecule has 1 aromatic rings. The molecule has 0 spiro atoms. The van der Waals surface area contributed by atoms with Crippen molar-refractivity contribution in [3.8, 4) is 0 Å². The SMILES string of the molecule is CC(NC(=O)CN)c1ccc(C(F)(F)F)cc1.Cl. The van der Waals surface area contributed by atoms with Gasteiger partial charge in [0.15, 0.2) is 0 Å². The zero-order valence-electron chi connectivity index (χ0n) is 9.62. The third-order valence-corrected chi connectivity index (χ3v) is 2.30. The van der Waals surface area contributed by atoms with Crippen LogP contribution in [0.15, 0.2) is 24.3 Å². The van der Waals surface area contributed by atoms with E-state index in [1.165, 1.54) is 12.1 Å². The van der Waals surface area contributed by atoms with Crippen LogP contribution < -0.4 is 11.1 Å². The van der Waals surface area contributed by atoms with Gasteiger partial charge in [-0.1, -0.05) is 12.1 Å². The summed E-state index contributed by atoms with van der Waals surface area (Å²) in [6, 6.07) is 4.28. The average molecular weight is 283 g/mol. The highest BCUT2D eigenvalue weighted by Crippen LogP contribution is 2.29. The molecular formula is C11H14ClF3N2O. The molecule has 1 unspecified atom stereocenters. The minimum Gasteiger partial charge on any atom is -0.348 e. The normalized spacial score (nSPS) is 12.5. The Labute approximate surface area is 109 Å². The number of halogens is 4. The summed E-state index contributed by atoms with van der Waals surface area (Å²) in [5.41, 5.74) is 5.01. The van der Waals surface area contributed by atoms with E-state index in [1.54, 1.807) is 6.92 Å². The van der Waals surface area contributed by atoms with Crippen molar-refractivity contribution in [2.45, 2.75) is 19.1 Å². The number of alkyl halides is 3. The van der Waals surface area contributed by atoms with Crippen molar-refractivity contribution in [3.63, 3.8) is 0 Å². The highest BCUT2D eigenvalue weighted by atomic mass is 35.5. The van der Waals surface area contributed by atoms with Gasteiger partial charge in [0.1, 0.15) is 0 Å². The molecule has 0 saturated heterocycles. The molecule has 0 saturated carbocycles. The second kappa shape index (κ2) is 6.61. The predicted molar refractivity (Wildman–Crippen MR) is 64.3 cm³/mol. The lowest BCUT2D eigenvalue weighted by Gasteiger charge is -2.14. The first-order chi connectivity index (χ1) is 7.84. The number of amides is 1. The van der Waals surface area contributed by atoms with Crippen molar-refractivity contribution in [2.24, 2.45) is 5.73 Å². The molecule has 0 radical (unpaired) electrons. The minimum atomic E-state index is -4.34. The van der Waals surface area contributed by atoms with Crippen molar-refractivity contribution < 1.29 is 18.0 Å². The van der Waals surface area contributed by atoms with E-state index in [1.807, 2.05) is 0 Å². The third kappa shape index (κ3) is 4.54. The second-order valence-corrected chi connectivity index (χ2v) is 3.61. The van der Waals surface area contributed by atoms with Crippen LogP contribution in [-0.2, 0) is 11.0 Å².